The highest BCUT2D eigenvalue weighted by Crippen LogP contribution is 2.15. The van der Waals surface area contributed by atoms with Crippen molar-refractivity contribution in [3.05, 3.63) is 17.5 Å². The molecule has 0 unspecified atom stereocenters. The summed E-state index contributed by atoms with van der Waals surface area (Å²) in [6.45, 7) is 1.15. The maximum absolute atomic E-state index is 12.0. The molecular formula is C11H14N2O5. The molecule has 1 amide bonds. The van der Waals surface area contributed by atoms with E-state index in [1.165, 1.54) is 0 Å². The molecule has 1 aromatic rings. The Labute approximate surface area is 103 Å². The van der Waals surface area contributed by atoms with Crippen LogP contribution >= 0.6 is 0 Å². The fourth-order valence-corrected chi connectivity index (χ4v) is 1.93. The third-order valence-corrected chi connectivity index (χ3v) is 3.00. The van der Waals surface area contributed by atoms with Gasteiger partial charge < -0.3 is 19.3 Å². The van der Waals surface area contributed by atoms with E-state index in [0.717, 1.165) is 18.9 Å². The predicted molar refractivity (Wildman–Crippen MR) is 59.4 cm³/mol. The summed E-state index contributed by atoms with van der Waals surface area (Å²) < 4.78 is 9.77. The van der Waals surface area contributed by atoms with Crippen molar-refractivity contribution in [1.29, 1.82) is 0 Å². The second-order valence-electron chi connectivity index (χ2n) is 4.11. The molecule has 0 aliphatic carbocycles. The number of carbonyl (C=O) groups excluding carboxylic acids is 1. The van der Waals surface area contributed by atoms with E-state index in [1.54, 1.807) is 12.0 Å². The number of aromatic carboxylic acids is 1. The third kappa shape index (κ3) is 2.51. The van der Waals surface area contributed by atoms with Gasteiger partial charge in [0.25, 0.3) is 5.91 Å². The molecule has 1 aromatic heterocycles. The van der Waals surface area contributed by atoms with E-state index >= 15 is 0 Å². The van der Waals surface area contributed by atoms with Gasteiger partial charge in [-0.1, -0.05) is 5.16 Å². The molecule has 0 spiro atoms. The summed E-state index contributed by atoms with van der Waals surface area (Å²) in [5, 5.41) is 12.2. The Morgan fingerprint density at radius 3 is 2.67 bits per heavy atom. The lowest BCUT2D eigenvalue weighted by Crippen LogP contribution is -2.40. The second-order valence-corrected chi connectivity index (χ2v) is 4.11. The lowest BCUT2D eigenvalue weighted by molar-refractivity contribution is 0.0345. The van der Waals surface area contributed by atoms with E-state index in [0.29, 0.717) is 13.1 Å². The summed E-state index contributed by atoms with van der Waals surface area (Å²) in [4.78, 5) is 24.2. The maximum atomic E-state index is 12.0. The van der Waals surface area contributed by atoms with Crippen molar-refractivity contribution in [2.45, 2.75) is 18.9 Å². The lowest BCUT2D eigenvalue weighted by Gasteiger charge is -2.30. The number of carboxylic acid groups (broad SMARTS) is 1. The largest absolute Gasteiger partial charge is 0.475 e. The van der Waals surface area contributed by atoms with E-state index < -0.39 is 5.97 Å². The first-order valence-electron chi connectivity index (χ1n) is 5.64. The molecule has 98 valence electrons. The number of amides is 1. The number of methoxy groups -OCH3 is 1. The summed E-state index contributed by atoms with van der Waals surface area (Å²) in [5.41, 5.74) is 0.0308. The van der Waals surface area contributed by atoms with Gasteiger partial charge in [0.05, 0.1) is 6.10 Å². The molecule has 1 saturated heterocycles. The standard InChI is InChI=1S/C11H14N2O5/c1-17-7-2-4-13(5-3-7)10(14)8-6-9(11(15)16)18-12-8/h6-7H,2-5H2,1H3,(H,15,16). The molecule has 18 heavy (non-hydrogen) atoms. The fraction of sp³-hybridized carbons (Fsp3) is 0.545. The molecule has 7 heteroatoms. The molecule has 0 atom stereocenters. The van der Waals surface area contributed by atoms with Crippen LogP contribution in [-0.2, 0) is 4.74 Å². The molecule has 2 rings (SSSR count). The van der Waals surface area contributed by atoms with Gasteiger partial charge in [-0.2, -0.15) is 0 Å². The van der Waals surface area contributed by atoms with Gasteiger partial charge in [0.2, 0.25) is 5.76 Å². The molecule has 1 aliphatic heterocycles. The minimum atomic E-state index is -1.24. The van der Waals surface area contributed by atoms with Gasteiger partial charge in [0.1, 0.15) is 0 Å². The fourth-order valence-electron chi connectivity index (χ4n) is 1.93. The van der Waals surface area contributed by atoms with Crippen molar-refractivity contribution in [2.24, 2.45) is 0 Å². The number of rotatable bonds is 3. The minimum Gasteiger partial charge on any atom is -0.475 e. The zero-order valence-corrected chi connectivity index (χ0v) is 9.96. The van der Waals surface area contributed by atoms with Crippen molar-refractivity contribution in [2.75, 3.05) is 20.2 Å². The smallest absolute Gasteiger partial charge is 0.374 e. The van der Waals surface area contributed by atoms with Gasteiger partial charge in [0.15, 0.2) is 5.69 Å². The van der Waals surface area contributed by atoms with E-state index in [-0.39, 0.29) is 23.5 Å². The Hall–Kier alpha value is -1.89. The summed E-state index contributed by atoms with van der Waals surface area (Å²) >= 11 is 0. The van der Waals surface area contributed by atoms with Gasteiger partial charge in [-0.3, -0.25) is 4.79 Å². The van der Waals surface area contributed by atoms with Crippen LogP contribution in [-0.4, -0.2) is 53.3 Å². The van der Waals surface area contributed by atoms with Crippen LogP contribution in [0.5, 0.6) is 0 Å². The van der Waals surface area contributed by atoms with Crippen LogP contribution < -0.4 is 0 Å². The van der Waals surface area contributed by atoms with Crippen LogP contribution in [0, 0.1) is 0 Å². The molecule has 1 N–H and O–H groups in total. The van der Waals surface area contributed by atoms with Gasteiger partial charge in [-0.25, -0.2) is 4.79 Å². The molecule has 0 saturated carbocycles. The van der Waals surface area contributed by atoms with E-state index in [4.69, 9.17) is 9.84 Å². The number of carbonyl (C=O) groups is 2. The highest BCUT2D eigenvalue weighted by Gasteiger charge is 2.26. The quantitative estimate of drug-likeness (QED) is 0.850. The Bertz CT molecular complexity index is 448. The number of ether oxygens (including phenoxy) is 1. The average molecular weight is 254 g/mol. The van der Waals surface area contributed by atoms with Crippen molar-refractivity contribution in [3.8, 4) is 0 Å². The van der Waals surface area contributed by atoms with Crippen LogP contribution in [0.3, 0.4) is 0 Å². The Balaban J connectivity index is 2.01. The first-order valence-corrected chi connectivity index (χ1v) is 5.64. The Morgan fingerprint density at radius 1 is 1.50 bits per heavy atom. The topological polar surface area (TPSA) is 92.9 Å². The summed E-state index contributed by atoms with van der Waals surface area (Å²) in [7, 11) is 1.65. The summed E-state index contributed by atoms with van der Waals surface area (Å²) in [6, 6.07) is 1.15. The van der Waals surface area contributed by atoms with E-state index in [2.05, 4.69) is 9.68 Å². The van der Waals surface area contributed by atoms with Crippen LogP contribution in [0.25, 0.3) is 0 Å². The summed E-state index contributed by atoms with van der Waals surface area (Å²) in [6.07, 6.45) is 1.72. The molecule has 0 bridgehead atoms. The predicted octanol–water partition coefficient (Wildman–Crippen LogP) is 0.624. The SMILES string of the molecule is COC1CCN(C(=O)c2cc(C(=O)O)on2)CC1. The van der Waals surface area contributed by atoms with Crippen LogP contribution in [0.2, 0.25) is 0 Å². The molecule has 0 radical (unpaired) electrons. The summed E-state index contributed by atoms with van der Waals surface area (Å²) in [5.74, 6) is -1.87. The van der Waals surface area contributed by atoms with E-state index in [9.17, 15) is 9.59 Å². The monoisotopic (exact) mass is 254 g/mol. The van der Waals surface area contributed by atoms with Crippen molar-refractivity contribution in [1.82, 2.24) is 10.1 Å². The normalized spacial score (nSPS) is 16.8. The average Bonchev–Trinajstić information content (AvgIpc) is 2.88. The van der Waals surface area contributed by atoms with Gasteiger partial charge in [-0.15, -0.1) is 0 Å². The number of piperidine rings is 1. The molecule has 0 aromatic carbocycles. The number of nitrogens with zero attached hydrogens (tertiary/aromatic N) is 2. The van der Waals surface area contributed by atoms with Gasteiger partial charge in [-0.05, 0) is 12.8 Å². The first-order chi connectivity index (χ1) is 8.61. The molecular weight excluding hydrogens is 240 g/mol. The Kier molecular flexibility index (Phi) is 3.61. The van der Waals surface area contributed by atoms with Crippen LogP contribution in [0.4, 0.5) is 0 Å². The number of hydrogen-bond donors (Lipinski definition) is 1. The highest BCUT2D eigenvalue weighted by molar-refractivity contribution is 5.94. The van der Waals surface area contributed by atoms with Crippen LogP contribution in [0.15, 0.2) is 10.6 Å². The third-order valence-electron chi connectivity index (χ3n) is 3.00. The van der Waals surface area contributed by atoms with E-state index in [1.807, 2.05) is 0 Å². The number of hydrogen-bond acceptors (Lipinski definition) is 5. The zero-order valence-electron chi connectivity index (χ0n) is 9.96. The highest BCUT2D eigenvalue weighted by atomic mass is 16.5. The molecule has 1 aliphatic rings. The zero-order chi connectivity index (χ0) is 13.1. The second kappa shape index (κ2) is 5.18. The number of aromatic nitrogens is 1. The van der Waals surface area contributed by atoms with Crippen molar-refractivity contribution in [3.63, 3.8) is 0 Å². The van der Waals surface area contributed by atoms with Crippen molar-refractivity contribution < 1.29 is 24.0 Å². The van der Waals surface area contributed by atoms with Gasteiger partial charge >= 0.3 is 5.97 Å². The molecule has 2 heterocycles. The molecule has 7 nitrogen and oxygen atoms in total. The minimum absolute atomic E-state index is 0.0308. The number of carboxylic acids is 1. The van der Waals surface area contributed by atoms with Crippen molar-refractivity contribution >= 4 is 11.9 Å². The molecule has 1 fully saturated rings. The lowest BCUT2D eigenvalue weighted by atomic mass is 10.1. The van der Waals surface area contributed by atoms with Crippen LogP contribution in [0.1, 0.15) is 33.9 Å². The van der Waals surface area contributed by atoms with Gasteiger partial charge in [0, 0.05) is 26.3 Å². The maximum Gasteiger partial charge on any atom is 0.374 e. The first kappa shape index (κ1) is 12.6. The number of likely N-dealkylation sites (tertiary alicyclic amines) is 1. The Morgan fingerprint density at radius 2 is 2.17 bits per heavy atom.